The number of aliphatic hydroxyl groups excluding tert-OH is 5. The van der Waals surface area contributed by atoms with Gasteiger partial charge < -0.3 is 59.1 Å². The van der Waals surface area contributed by atoms with Crippen LogP contribution in [-0.4, -0.2) is 106 Å². The Morgan fingerprint density at radius 2 is 1.88 bits per heavy atom. The Morgan fingerprint density at radius 3 is 2.56 bits per heavy atom. The summed E-state index contributed by atoms with van der Waals surface area (Å²) < 4.78 is 32.8. The molecule has 4 aliphatic rings. The fourth-order valence-corrected chi connectivity index (χ4v) is 5.51. The lowest BCUT2D eigenvalue weighted by molar-refractivity contribution is -0.344. The Hall–Kier alpha value is -3.50. The van der Waals surface area contributed by atoms with Crippen LogP contribution in [0.4, 0.5) is 0 Å². The first-order valence-electron chi connectivity index (χ1n) is 12.7. The molecule has 1 fully saturated rings. The smallest absolute Gasteiger partial charge is 0.338 e. The number of hydrogen-bond donors (Lipinski definition) is 6. The lowest BCUT2D eigenvalue weighted by Gasteiger charge is -2.44. The van der Waals surface area contributed by atoms with Crippen LogP contribution >= 0.6 is 0 Å². The highest BCUT2D eigenvalue weighted by Crippen LogP contribution is 2.51. The first kappa shape index (κ1) is 29.0. The van der Waals surface area contributed by atoms with Gasteiger partial charge in [-0.1, -0.05) is 12.1 Å². The second-order valence-corrected chi connectivity index (χ2v) is 9.99. The second-order valence-electron chi connectivity index (χ2n) is 9.99. The number of benzene rings is 1. The van der Waals surface area contributed by atoms with Crippen LogP contribution in [0.2, 0.25) is 0 Å². The monoisotopic (exact) mass is 578 g/mol. The lowest BCUT2D eigenvalue weighted by Crippen LogP contribution is -2.60. The highest BCUT2D eigenvalue weighted by atomic mass is 16.8. The number of carbonyl (C=O) groups excluding carboxylic acids is 2. The van der Waals surface area contributed by atoms with E-state index in [-0.39, 0.29) is 28.2 Å². The molecule has 1 aliphatic carbocycles. The van der Waals surface area contributed by atoms with Crippen molar-refractivity contribution in [2.75, 3.05) is 20.8 Å². The van der Waals surface area contributed by atoms with E-state index in [1.165, 1.54) is 44.6 Å². The summed E-state index contributed by atoms with van der Waals surface area (Å²) in [6.45, 7) is -0.691. The summed E-state index contributed by atoms with van der Waals surface area (Å²) in [6.07, 6.45) is -5.27. The van der Waals surface area contributed by atoms with Gasteiger partial charge in [0, 0.05) is 5.92 Å². The van der Waals surface area contributed by atoms with Crippen molar-refractivity contribution in [3.05, 3.63) is 59.4 Å². The summed E-state index contributed by atoms with van der Waals surface area (Å²) in [6, 6.07) is 4.06. The van der Waals surface area contributed by atoms with E-state index in [0.29, 0.717) is 0 Å². The maximum atomic E-state index is 13.1. The van der Waals surface area contributed by atoms with Crippen molar-refractivity contribution in [2.45, 2.75) is 48.7 Å². The van der Waals surface area contributed by atoms with E-state index in [9.17, 15) is 40.2 Å². The fraction of sp³-hybridized carbons (Fsp3) is 0.481. The van der Waals surface area contributed by atoms with Crippen molar-refractivity contribution in [3.63, 3.8) is 0 Å². The number of ether oxygens (including phenoxy) is 6. The van der Waals surface area contributed by atoms with Gasteiger partial charge in [-0.15, -0.1) is 0 Å². The van der Waals surface area contributed by atoms with Gasteiger partial charge in [0.25, 0.3) is 0 Å². The van der Waals surface area contributed by atoms with Crippen LogP contribution < -0.4 is 4.74 Å². The van der Waals surface area contributed by atoms with Gasteiger partial charge in [-0.3, -0.25) is 0 Å². The zero-order valence-electron chi connectivity index (χ0n) is 21.9. The molecule has 1 aromatic rings. The minimum atomic E-state index is -1.75. The topological polar surface area (TPSA) is 211 Å². The molecule has 3 aliphatic heterocycles. The van der Waals surface area contributed by atoms with Crippen LogP contribution in [0.15, 0.2) is 53.8 Å². The number of phenols is 1. The first-order valence-corrected chi connectivity index (χ1v) is 12.7. The van der Waals surface area contributed by atoms with E-state index in [4.69, 9.17) is 28.4 Å². The van der Waals surface area contributed by atoms with Gasteiger partial charge >= 0.3 is 11.9 Å². The molecule has 3 heterocycles. The molecular formula is C27H30O14. The number of rotatable bonds is 7. The SMILES string of the molecule is COC(=O)C1=CO[C@H](O[C@@H]2O[C@H](CO)[C@@H](O)[C@H](O)[C@H]2O)[C@H]2[C@H]1C=C[C@@]21C=C([C@H](O)c2ccc(O)c(OC)c2)C(=O)O1. The maximum absolute atomic E-state index is 13.1. The Labute approximate surface area is 233 Å². The van der Waals surface area contributed by atoms with Crippen LogP contribution in [0.1, 0.15) is 11.7 Å². The van der Waals surface area contributed by atoms with Gasteiger partial charge in [0.1, 0.15) is 30.5 Å². The number of allylic oxidation sites excluding steroid dienone is 1. The molecule has 0 saturated carbocycles. The third kappa shape index (κ3) is 4.86. The molecule has 14 nitrogen and oxygen atoms in total. The molecule has 41 heavy (non-hydrogen) atoms. The van der Waals surface area contributed by atoms with Crippen molar-refractivity contribution in [2.24, 2.45) is 11.8 Å². The molecule has 0 aromatic heterocycles. The number of aromatic hydroxyl groups is 1. The van der Waals surface area contributed by atoms with E-state index in [1.54, 1.807) is 6.08 Å². The summed E-state index contributed by atoms with van der Waals surface area (Å²) >= 11 is 0. The maximum Gasteiger partial charge on any atom is 0.338 e. The number of esters is 2. The van der Waals surface area contributed by atoms with E-state index in [0.717, 1.165) is 6.26 Å². The molecule has 1 aromatic carbocycles. The third-order valence-corrected chi connectivity index (χ3v) is 7.69. The van der Waals surface area contributed by atoms with Crippen molar-refractivity contribution in [1.82, 2.24) is 0 Å². The van der Waals surface area contributed by atoms with Gasteiger partial charge in [-0.2, -0.15) is 0 Å². The summed E-state index contributed by atoms with van der Waals surface area (Å²) in [5.74, 6) is -3.50. The van der Waals surface area contributed by atoms with E-state index < -0.39 is 79.1 Å². The largest absolute Gasteiger partial charge is 0.504 e. The van der Waals surface area contributed by atoms with E-state index >= 15 is 0 Å². The van der Waals surface area contributed by atoms with Gasteiger partial charge in [0.2, 0.25) is 6.29 Å². The molecule has 0 bridgehead atoms. The highest BCUT2D eigenvalue weighted by molar-refractivity contribution is 5.94. The Bertz CT molecular complexity index is 1290. The van der Waals surface area contributed by atoms with Crippen LogP contribution in [0.5, 0.6) is 11.5 Å². The minimum Gasteiger partial charge on any atom is -0.504 e. The van der Waals surface area contributed by atoms with Crippen molar-refractivity contribution >= 4 is 11.9 Å². The molecule has 0 amide bonds. The van der Waals surface area contributed by atoms with E-state index in [2.05, 4.69) is 0 Å². The molecule has 0 radical (unpaired) electrons. The average Bonchev–Trinajstić information content (AvgIpc) is 3.52. The first-order chi connectivity index (χ1) is 19.5. The number of aliphatic hydroxyl groups is 5. The third-order valence-electron chi connectivity index (χ3n) is 7.69. The summed E-state index contributed by atoms with van der Waals surface area (Å²) in [7, 11) is 2.51. The quantitative estimate of drug-likeness (QED) is 0.164. The van der Waals surface area contributed by atoms with Crippen LogP contribution in [0.3, 0.4) is 0 Å². The molecule has 10 atom stereocenters. The molecular weight excluding hydrogens is 548 g/mol. The predicted molar refractivity (Wildman–Crippen MR) is 132 cm³/mol. The summed E-state index contributed by atoms with van der Waals surface area (Å²) in [5.41, 5.74) is -1.46. The zero-order valence-corrected chi connectivity index (χ0v) is 21.9. The van der Waals surface area contributed by atoms with Crippen LogP contribution in [0.25, 0.3) is 0 Å². The molecule has 1 spiro atoms. The molecule has 5 rings (SSSR count). The summed E-state index contributed by atoms with van der Waals surface area (Å²) in [4.78, 5) is 25.7. The van der Waals surface area contributed by atoms with Crippen molar-refractivity contribution in [3.8, 4) is 11.5 Å². The average molecular weight is 579 g/mol. The minimum absolute atomic E-state index is 0.0704. The van der Waals surface area contributed by atoms with Gasteiger partial charge in [-0.25, -0.2) is 9.59 Å². The second kappa shape index (κ2) is 11.1. The Balaban J connectivity index is 1.49. The Kier molecular flexibility index (Phi) is 7.82. The molecule has 6 N–H and O–H groups in total. The van der Waals surface area contributed by atoms with Crippen molar-refractivity contribution < 1.29 is 68.6 Å². The number of phenolic OH excluding ortho intramolecular Hbond substituents is 1. The molecule has 1 saturated heterocycles. The number of fused-ring (bicyclic) bond motifs is 2. The normalized spacial score (nSPS) is 36.6. The number of hydrogen-bond acceptors (Lipinski definition) is 14. The van der Waals surface area contributed by atoms with Gasteiger partial charge in [0.15, 0.2) is 23.4 Å². The molecule has 222 valence electrons. The highest BCUT2D eigenvalue weighted by Gasteiger charge is 2.60. The summed E-state index contributed by atoms with van der Waals surface area (Å²) in [5, 5.41) is 61.3. The molecule has 14 heteroatoms. The van der Waals surface area contributed by atoms with Gasteiger partial charge in [-0.05, 0) is 29.8 Å². The number of methoxy groups -OCH3 is 2. The molecule has 0 unspecified atom stereocenters. The number of carbonyl (C=O) groups is 2. The van der Waals surface area contributed by atoms with E-state index in [1.807, 2.05) is 0 Å². The van der Waals surface area contributed by atoms with Crippen LogP contribution in [0, 0.1) is 11.8 Å². The zero-order chi connectivity index (χ0) is 29.6. The van der Waals surface area contributed by atoms with Crippen molar-refractivity contribution in [1.29, 1.82) is 0 Å². The van der Waals surface area contributed by atoms with Gasteiger partial charge in [0.05, 0.1) is 44.2 Å². The fourth-order valence-electron chi connectivity index (χ4n) is 5.51. The Morgan fingerprint density at radius 1 is 1.12 bits per heavy atom. The predicted octanol–water partition coefficient (Wildman–Crippen LogP) is -1.31. The standard InChI is InChI=1S/C27H30O14/c1-36-16-7-11(3-4-15(16)29)19(30)13-8-27(41-24(13)35)6-5-12-14(23(34)37-2)10-38-25(18(12)27)40-26-22(33)21(32)20(31)17(9-28)39-26/h3-8,10,12,17-22,25-26,28-33H,9H2,1-2H3/t12-,17+,18+,19+,20+,21-,22+,25+,26-,27+/m0/s1. The lowest BCUT2D eigenvalue weighted by atomic mass is 9.78. The van der Waals surface area contributed by atoms with Crippen LogP contribution in [-0.2, 0) is 33.3 Å².